The van der Waals surface area contributed by atoms with Crippen LogP contribution in [-0.4, -0.2) is 42.0 Å². The van der Waals surface area contributed by atoms with Gasteiger partial charge in [-0.25, -0.2) is 4.79 Å². The lowest BCUT2D eigenvalue weighted by molar-refractivity contribution is -0.153. The number of carbonyl (C=O) groups excluding carboxylic acids is 3. The van der Waals surface area contributed by atoms with Gasteiger partial charge >= 0.3 is 6.03 Å². The highest BCUT2D eigenvalue weighted by atomic mass is 16.5. The van der Waals surface area contributed by atoms with Crippen molar-refractivity contribution in [2.24, 2.45) is 5.41 Å². The Balaban J connectivity index is 2.33. The number of ether oxygens (including phenoxy) is 1. The summed E-state index contributed by atoms with van der Waals surface area (Å²) in [6.07, 6.45) is 1.42. The molecule has 0 radical (unpaired) electrons. The van der Waals surface area contributed by atoms with Crippen LogP contribution in [0.5, 0.6) is 0 Å². The maximum absolute atomic E-state index is 12.5. The highest BCUT2D eigenvalue weighted by Gasteiger charge is 2.53. The van der Waals surface area contributed by atoms with Crippen LogP contribution in [0.3, 0.4) is 0 Å². The summed E-state index contributed by atoms with van der Waals surface area (Å²) in [6, 6.07) is -0.860. The van der Waals surface area contributed by atoms with E-state index in [0.29, 0.717) is 32.5 Å². The molecule has 2 heterocycles. The highest BCUT2D eigenvalue weighted by molar-refractivity contribution is 6.19. The van der Waals surface area contributed by atoms with Crippen molar-refractivity contribution in [1.29, 1.82) is 0 Å². The first-order valence-corrected chi connectivity index (χ1v) is 6.33. The van der Waals surface area contributed by atoms with Gasteiger partial charge in [0.1, 0.15) is 5.41 Å². The zero-order chi connectivity index (χ0) is 13.3. The number of imide groups is 2. The van der Waals surface area contributed by atoms with Gasteiger partial charge in [-0.3, -0.25) is 19.8 Å². The number of amides is 4. The lowest BCUT2D eigenvalue weighted by Gasteiger charge is -2.40. The summed E-state index contributed by atoms with van der Waals surface area (Å²) in [4.78, 5) is 37.5. The first kappa shape index (κ1) is 13.0. The topological polar surface area (TPSA) is 75.7 Å². The maximum Gasteiger partial charge on any atom is 0.331 e. The lowest BCUT2D eigenvalue weighted by Crippen LogP contribution is -2.66. The Bertz CT molecular complexity index is 384. The summed E-state index contributed by atoms with van der Waals surface area (Å²) < 4.78 is 5.21. The molecule has 6 nitrogen and oxygen atoms in total. The number of hydrogen-bond donors (Lipinski definition) is 1. The van der Waals surface area contributed by atoms with Crippen LogP contribution < -0.4 is 5.32 Å². The fourth-order valence-corrected chi connectivity index (χ4v) is 2.63. The molecule has 2 aliphatic heterocycles. The molecule has 18 heavy (non-hydrogen) atoms. The van der Waals surface area contributed by atoms with Gasteiger partial charge < -0.3 is 4.74 Å². The molecule has 2 aliphatic rings. The molecule has 1 atom stereocenters. The third kappa shape index (κ3) is 1.71. The van der Waals surface area contributed by atoms with E-state index in [1.54, 1.807) is 13.8 Å². The van der Waals surface area contributed by atoms with Crippen LogP contribution in [0.1, 0.15) is 33.1 Å². The molecule has 4 amide bonds. The quantitative estimate of drug-likeness (QED) is 0.751. The normalized spacial score (nSPS) is 27.6. The Morgan fingerprint density at radius 3 is 2.50 bits per heavy atom. The van der Waals surface area contributed by atoms with E-state index in [1.165, 1.54) is 4.90 Å². The largest absolute Gasteiger partial charge is 0.379 e. The van der Waals surface area contributed by atoms with Gasteiger partial charge in [0.15, 0.2) is 0 Å². The van der Waals surface area contributed by atoms with Crippen LogP contribution in [0.15, 0.2) is 0 Å². The fourth-order valence-electron chi connectivity index (χ4n) is 2.63. The second kappa shape index (κ2) is 4.68. The van der Waals surface area contributed by atoms with Crippen molar-refractivity contribution < 1.29 is 19.1 Å². The summed E-state index contributed by atoms with van der Waals surface area (Å²) in [6.45, 7) is 4.48. The number of nitrogens with one attached hydrogen (secondary N) is 1. The van der Waals surface area contributed by atoms with Crippen molar-refractivity contribution >= 4 is 17.8 Å². The molecule has 0 saturated carbocycles. The lowest BCUT2D eigenvalue weighted by atomic mass is 9.78. The third-order valence-corrected chi connectivity index (χ3v) is 3.98. The van der Waals surface area contributed by atoms with E-state index in [2.05, 4.69) is 5.32 Å². The standard InChI is InChI=1S/C12H18N2O4/c1-3-12(4-2)9(15)13-11(17)14(10(12)16)8-5-6-18-7-8/h8H,3-7H2,1-2H3,(H,13,15,17). The van der Waals surface area contributed by atoms with E-state index in [1.807, 2.05) is 0 Å². The Morgan fingerprint density at radius 1 is 1.33 bits per heavy atom. The van der Waals surface area contributed by atoms with Gasteiger partial charge in [0.2, 0.25) is 11.8 Å². The molecule has 2 fully saturated rings. The minimum Gasteiger partial charge on any atom is -0.379 e. The summed E-state index contributed by atoms with van der Waals surface area (Å²) in [5, 5.41) is 2.30. The molecule has 2 rings (SSSR count). The summed E-state index contributed by atoms with van der Waals surface area (Å²) in [5.74, 6) is -0.852. The minimum absolute atomic E-state index is 0.247. The maximum atomic E-state index is 12.5. The second-order valence-corrected chi connectivity index (χ2v) is 4.74. The smallest absolute Gasteiger partial charge is 0.331 e. The van der Waals surface area contributed by atoms with Crippen molar-refractivity contribution in [2.75, 3.05) is 13.2 Å². The van der Waals surface area contributed by atoms with Crippen molar-refractivity contribution in [1.82, 2.24) is 10.2 Å². The Kier molecular flexibility index (Phi) is 3.38. The molecular weight excluding hydrogens is 236 g/mol. The van der Waals surface area contributed by atoms with E-state index in [-0.39, 0.29) is 11.9 Å². The number of nitrogens with zero attached hydrogens (tertiary/aromatic N) is 1. The van der Waals surface area contributed by atoms with Gasteiger partial charge in [-0.2, -0.15) is 0 Å². The first-order chi connectivity index (χ1) is 8.56. The molecule has 0 spiro atoms. The SMILES string of the molecule is CCC1(CC)C(=O)NC(=O)N(C2CCOC2)C1=O. The van der Waals surface area contributed by atoms with E-state index in [9.17, 15) is 14.4 Å². The highest BCUT2D eigenvalue weighted by Crippen LogP contribution is 2.34. The molecule has 6 heteroatoms. The third-order valence-electron chi connectivity index (χ3n) is 3.98. The molecule has 0 aromatic rings. The van der Waals surface area contributed by atoms with Crippen molar-refractivity contribution in [3.8, 4) is 0 Å². The van der Waals surface area contributed by atoms with Gasteiger partial charge in [-0.1, -0.05) is 13.8 Å². The van der Waals surface area contributed by atoms with Crippen molar-refractivity contribution in [3.05, 3.63) is 0 Å². The van der Waals surface area contributed by atoms with Crippen LogP contribution in [0.2, 0.25) is 0 Å². The summed E-state index contributed by atoms with van der Waals surface area (Å²) in [5.41, 5.74) is -1.10. The van der Waals surface area contributed by atoms with Gasteiger partial charge in [0, 0.05) is 6.61 Å². The van der Waals surface area contributed by atoms with E-state index in [4.69, 9.17) is 4.74 Å². The van der Waals surface area contributed by atoms with Gasteiger partial charge in [-0.05, 0) is 19.3 Å². The number of barbiturate groups is 1. The number of rotatable bonds is 3. The Morgan fingerprint density at radius 2 is 2.00 bits per heavy atom. The van der Waals surface area contributed by atoms with E-state index in [0.717, 1.165) is 0 Å². The van der Waals surface area contributed by atoms with Crippen LogP contribution in [0.25, 0.3) is 0 Å². The number of hydrogen-bond acceptors (Lipinski definition) is 4. The molecule has 0 aliphatic carbocycles. The average Bonchev–Trinajstić information content (AvgIpc) is 2.84. The van der Waals surface area contributed by atoms with Gasteiger partial charge in [0.05, 0.1) is 12.6 Å². The fraction of sp³-hybridized carbons (Fsp3) is 0.750. The molecule has 1 N–H and O–H groups in total. The minimum atomic E-state index is -1.10. The summed E-state index contributed by atoms with van der Waals surface area (Å²) >= 11 is 0. The molecule has 2 saturated heterocycles. The van der Waals surface area contributed by atoms with E-state index >= 15 is 0 Å². The van der Waals surface area contributed by atoms with Crippen LogP contribution in [0.4, 0.5) is 4.79 Å². The second-order valence-electron chi connectivity index (χ2n) is 4.74. The zero-order valence-corrected chi connectivity index (χ0v) is 10.7. The average molecular weight is 254 g/mol. The zero-order valence-electron chi connectivity index (χ0n) is 10.7. The molecule has 100 valence electrons. The molecule has 1 unspecified atom stereocenters. The molecule has 0 aromatic heterocycles. The molecule has 0 bridgehead atoms. The Hall–Kier alpha value is -1.43. The number of carbonyl (C=O) groups is 3. The van der Waals surface area contributed by atoms with Gasteiger partial charge in [0.25, 0.3) is 0 Å². The first-order valence-electron chi connectivity index (χ1n) is 6.33. The predicted molar refractivity (Wildman–Crippen MR) is 62.6 cm³/mol. The monoisotopic (exact) mass is 254 g/mol. The van der Waals surface area contributed by atoms with Crippen LogP contribution in [-0.2, 0) is 14.3 Å². The predicted octanol–water partition coefficient (Wildman–Crippen LogP) is 0.660. The van der Waals surface area contributed by atoms with Crippen molar-refractivity contribution in [2.45, 2.75) is 39.2 Å². The molecular formula is C12H18N2O4. The number of urea groups is 1. The van der Waals surface area contributed by atoms with E-state index < -0.39 is 17.4 Å². The van der Waals surface area contributed by atoms with Gasteiger partial charge in [-0.15, -0.1) is 0 Å². The molecule has 0 aromatic carbocycles. The Labute approximate surface area is 106 Å². The van der Waals surface area contributed by atoms with Crippen molar-refractivity contribution in [3.63, 3.8) is 0 Å². The summed E-state index contributed by atoms with van der Waals surface area (Å²) in [7, 11) is 0. The van der Waals surface area contributed by atoms with Crippen LogP contribution >= 0.6 is 0 Å². The van der Waals surface area contributed by atoms with Crippen LogP contribution in [0, 0.1) is 5.41 Å².